The van der Waals surface area contributed by atoms with Crippen molar-refractivity contribution < 1.29 is 22.7 Å². The van der Waals surface area contributed by atoms with Crippen molar-refractivity contribution in [1.29, 1.82) is 0 Å². The van der Waals surface area contributed by atoms with Crippen molar-refractivity contribution in [2.75, 3.05) is 16.4 Å². The van der Waals surface area contributed by atoms with Gasteiger partial charge in [-0.3, -0.25) is 0 Å². The van der Waals surface area contributed by atoms with E-state index < -0.39 is 17.8 Å². The summed E-state index contributed by atoms with van der Waals surface area (Å²) in [4.78, 5) is 24.9. The van der Waals surface area contributed by atoms with E-state index in [1.807, 2.05) is 0 Å². The van der Waals surface area contributed by atoms with Crippen molar-refractivity contribution in [2.45, 2.75) is 13.1 Å². The van der Waals surface area contributed by atoms with Gasteiger partial charge in [0.15, 0.2) is 0 Å². The number of pyridine rings is 1. The fraction of sp³-hybridized carbons (Fsp3) is 0.0741. The van der Waals surface area contributed by atoms with Gasteiger partial charge in [0.2, 0.25) is 0 Å². The molecule has 10 nitrogen and oxygen atoms in total. The Morgan fingerprint density at radius 2 is 1.71 bits per heavy atom. The molecule has 5 aromatic rings. The number of ether oxygens (including phenoxy) is 1. The second-order valence-electron chi connectivity index (χ2n) is 8.68. The van der Waals surface area contributed by atoms with E-state index in [9.17, 15) is 18.0 Å². The highest BCUT2D eigenvalue weighted by Crippen LogP contribution is 2.33. The van der Waals surface area contributed by atoms with E-state index >= 15 is 0 Å². The molecule has 2 aromatic carbocycles. The van der Waals surface area contributed by atoms with Crippen molar-refractivity contribution in [1.82, 2.24) is 24.7 Å². The van der Waals surface area contributed by atoms with Crippen LogP contribution in [0.4, 0.5) is 35.2 Å². The SMILES string of the molecule is Cc1ccn(-c2cc(C(F)(F)F)ccc2NC(=O)Nc2cnc(Oc3ccc(-c4cc(Cl)cnc4N)cc3)nc2)n1. The van der Waals surface area contributed by atoms with Gasteiger partial charge in [-0.25, -0.2) is 24.4 Å². The van der Waals surface area contributed by atoms with Crippen LogP contribution in [0.25, 0.3) is 16.8 Å². The lowest BCUT2D eigenvalue weighted by atomic mass is 10.1. The van der Waals surface area contributed by atoms with Gasteiger partial charge in [0.25, 0.3) is 0 Å². The summed E-state index contributed by atoms with van der Waals surface area (Å²) in [7, 11) is 0. The molecule has 0 aliphatic rings. The van der Waals surface area contributed by atoms with Crippen LogP contribution in [-0.2, 0) is 6.18 Å². The average Bonchev–Trinajstić information content (AvgIpc) is 3.37. The topological polar surface area (TPSA) is 133 Å². The third-order valence-electron chi connectivity index (χ3n) is 5.69. The van der Waals surface area contributed by atoms with Crippen LogP contribution in [0.3, 0.4) is 0 Å². The van der Waals surface area contributed by atoms with Crippen LogP contribution in [0.15, 0.2) is 79.4 Å². The lowest BCUT2D eigenvalue weighted by Gasteiger charge is -2.15. The molecule has 0 saturated heterocycles. The number of alkyl halides is 3. The number of nitrogen functional groups attached to an aromatic ring is 1. The number of carbonyl (C=O) groups is 1. The van der Waals surface area contributed by atoms with E-state index in [-0.39, 0.29) is 23.1 Å². The van der Waals surface area contributed by atoms with E-state index in [2.05, 4.69) is 30.7 Å². The summed E-state index contributed by atoms with van der Waals surface area (Å²) in [6, 6.07) is 12.5. The second kappa shape index (κ2) is 11.1. The smallest absolute Gasteiger partial charge is 0.416 e. The molecule has 41 heavy (non-hydrogen) atoms. The molecule has 208 valence electrons. The van der Waals surface area contributed by atoms with E-state index in [1.54, 1.807) is 43.3 Å². The van der Waals surface area contributed by atoms with Gasteiger partial charge < -0.3 is 21.1 Å². The number of benzene rings is 2. The van der Waals surface area contributed by atoms with Gasteiger partial charge in [0.1, 0.15) is 11.6 Å². The van der Waals surface area contributed by atoms with Gasteiger partial charge in [-0.15, -0.1) is 0 Å². The van der Waals surface area contributed by atoms with Crippen molar-refractivity contribution in [3.8, 4) is 28.6 Å². The number of carbonyl (C=O) groups excluding carboxylic acids is 1. The van der Waals surface area contributed by atoms with E-state index in [0.29, 0.717) is 27.8 Å². The van der Waals surface area contributed by atoms with E-state index in [1.165, 1.54) is 29.5 Å². The fourth-order valence-corrected chi connectivity index (χ4v) is 3.92. The molecule has 5 rings (SSSR count). The highest BCUT2D eigenvalue weighted by atomic mass is 35.5. The zero-order valence-electron chi connectivity index (χ0n) is 21.1. The molecule has 0 atom stereocenters. The molecular formula is C27H20ClF3N8O2. The molecule has 0 fully saturated rings. The summed E-state index contributed by atoms with van der Waals surface area (Å²) in [5.74, 6) is 0.786. The van der Waals surface area contributed by atoms with E-state index in [0.717, 1.165) is 23.8 Å². The number of rotatable bonds is 6. The Balaban J connectivity index is 1.25. The quantitative estimate of drug-likeness (QED) is 0.203. The summed E-state index contributed by atoms with van der Waals surface area (Å²) < 4.78 is 46.8. The zero-order valence-corrected chi connectivity index (χ0v) is 21.9. The van der Waals surface area contributed by atoms with Gasteiger partial charge in [0.05, 0.1) is 45.7 Å². The molecule has 14 heteroatoms. The number of halogens is 4. The maximum Gasteiger partial charge on any atom is 0.416 e. The lowest BCUT2D eigenvalue weighted by Crippen LogP contribution is -2.21. The number of urea groups is 1. The van der Waals surface area contributed by atoms with Crippen molar-refractivity contribution in [3.63, 3.8) is 0 Å². The number of hydrogen-bond donors (Lipinski definition) is 3. The number of nitrogens with one attached hydrogen (secondary N) is 2. The summed E-state index contributed by atoms with van der Waals surface area (Å²) >= 11 is 6.01. The van der Waals surface area contributed by atoms with Crippen LogP contribution in [0.1, 0.15) is 11.3 Å². The molecule has 0 radical (unpaired) electrons. The number of amides is 2. The number of aromatic nitrogens is 5. The third kappa shape index (κ3) is 6.53. The first-order valence-electron chi connectivity index (χ1n) is 11.9. The molecular weight excluding hydrogens is 561 g/mol. The van der Waals surface area contributed by atoms with Crippen molar-refractivity contribution >= 4 is 34.8 Å². The predicted octanol–water partition coefficient (Wildman–Crippen LogP) is 6.72. The Labute approximate surface area is 236 Å². The molecule has 3 heterocycles. The Morgan fingerprint density at radius 1 is 0.976 bits per heavy atom. The Hall–Kier alpha value is -5.17. The molecule has 0 unspecified atom stereocenters. The molecule has 0 spiro atoms. The maximum absolute atomic E-state index is 13.3. The molecule has 2 amide bonds. The fourth-order valence-electron chi connectivity index (χ4n) is 3.76. The Morgan fingerprint density at radius 3 is 2.37 bits per heavy atom. The second-order valence-corrected chi connectivity index (χ2v) is 9.11. The monoisotopic (exact) mass is 580 g/mol. The van der Waals surface area contributed by atoms with Crippen LogP contribution >= 0.6 is 11.6 Å². The van der Waals surface area contributed by atoms with E-state index in [4.69, 9.17) is 22.1 Å². The van der Waals surface area contributed by atoms with Crippen LogP contribution in [0.5, 0.6) is 11.8 Å². The first-order valence-corrected chi connectivity index (χ1v) is 12.3. The Bertz CT molecular complexity index is 1710. The van der Waals surface area contributed by atoms with Crippen LogP contribution < -0.4 is 21.1 Å². The largest absolute Gasteiger partial charge is 0.424 e. The van der Waals surface area contributed by atoms with Gasteiger partial charge in [-0.1, -0.05) is 23.7 Å². The number of nitrogens with zero attached hydrogens (tertiary/aromatic N) is 5. The first-order chi connectivity index (χ1) is 19.5. The summed E-state index contributed by atoms with van der Waals surface area (Å²) in [5, 5.41) is 9.69. The van der Waals surface area contributed by atoms with Gasteiger partial charge >= 0.3 is 18.2 Å². The van der Waals surface area contributed by atoms with Crippen molar-refractivity contribution in [3.05, 3.63) is 95.7 Å². The number of nitrogens with two attached hydrogens (primary N) is 1. The predicted molar refractivity (Wildman–Crippen MR) is 147 cm³/mol. The third-order valence-corrected chi connectivity index (χ3v) is 5.89. The molecule has 4 N–H and O–H groups in total. The molecule has 0 aliphatic heterocycles. The minimum Gasteiger partial charge on any atom is -0.424 e. The first kappa shape index (κ1) is 27.4. The number of hydrogen-bond acceptors (Lipinski definition) is 7. The normalized spacial score (nSPS) is 11.2. The minimum atomic E-state index is -4.57. The summed E-state index contributed by atoms with van der Waals surface area (Å²) in [6.45, 7) is 1.70. The highest BCUT2D eigenvalue weighted by molar-refractivity contribution is 6.30. The lowest BCUT2D eigenvalue weighted by molar-refractivity contribution is -0.137. The Kier molecular flexibility index (Phi) is 7.44. The molecule has 0 bridgehead atoms. The molecule has 0 aliphatic carbocycles. The zero-order chi connectivity index (χ0) is 29.1. The standard InChI is InChI=1S/C27H20ClF3N8O2/c1-15-8-9-39(38-15)23-10-17(27(29,30)31)4-7-22(23)37-25(40)36-19-13-34-26(35-14-19)41-20-5-2-16(3-6-20)21-11-18(28)12-33-24(21)32/h2-14H,1H3,(H2,32,33)(H2,36,37,40). The van der Waals surface area contributed by atoms with Crippen LogP contribution in [0, 0.1) is 6.92 Å². The molecule has 0 saturated carbocycles. The van der Waals surface area contributed by atoms with Crippen LogP contribution in [0.2, 0.25) is 5.02 Å². The van der Waals surface area contributed by atoms with Gasteiger partial charge in [0, 0.05) is 18.0 Å². The summed E-state index contributed by atoms with van der Waals surface area (Å²) in [5.41, 5.74) is 7.49. The number of aryl methyl sites for hydroxylation is 1. The van der Waals surface area contributed by atoms with Gasteiger partial charge in [-0.05, 0) is 55.0 Å². The number of anilines is 3. The highest BCUT2D eigenvalue weighted by Gasteiger charge is 2.31. The van der Waals surface area contributed by atoms with Crippen molar-refractivity contribution in [2.24, 2.45) is 0 Å². The average molecular weight is 581 g/mol. The maximum atomic E-state index is 13.3. The summed E-state index contributed by atoms with van der Waals surface area (Å²) in [6.07, 6.45) is 1.03. The van der Waals surface area contributed by atoms with Crippen LogP contribution in [-0.4, -0.2) is 30.8 Å². The minimum absolute atomic E-state index is 0.0201. The van der Waals surface area contributed by atoms with Gasteiger partial charge in [-0.2, -0.15) is 18.3 Å². The molecule has 3 aromatic heterocycles.